The molecule has 0 aromatic heterocycles. The Kier molecular flexibility index (Phi) is 6.90. The molecule has 2 unspecified atom stereocenters. The molecule has 2 atom stereocenters. The van der Waals surface area contributed by atoms with Crippen molar-refractivity contribution in [2.75, 3.05) is 18.9 Å². The number of halogens is 1. The van der Waals surface area contributed by atoms with Crippen LogP contribution >= 0.6 is 11.6 Å². The van der Waals surface area contributed by atoms with Crippen LogP contribution in [0.15, 0.2) is 18.2 Å². The normalized spacial score (nSPS) is 24.6. The van der Waals surface area contributed by atoms with Crippen molar-refractivity contribution in [3.05, 3.63) is 28.8 Å². The van der Waals surface area contributed by atoms with Crippen molar-refractivity contribution < 1.29 is 19.2 Å². The van der Waals surface area contributed by atoms with Gasteiger partial charge in [-0.25, -0.2) is 4.79 Å². The Bertz CT molecular complexity index is 997. The van der Waals surface area contributed by atoms with E-state index < -0.39 is 24.0 Å². The number of urea groups is 1. The van der Waals surface area contributed by atoms with Crippen LogP contribution in [0.3, 0.4) is 0 Å². The van der Waals surface area contributed by atoms with Crippen molar-refractivity contribution in [2.45, 2.75) is 82.8 Å². The third-order valence-corrected chi connectivity index (χ3v) is 7.93. The van der Waals surface area contributed by atoms with Gasteiger partial charge in [0, 0.05) is 24.2 Å². The first-order valence-corrected chi connectivity index (χ1v) is 12.6. The first-order valence-electron chi connectivity index (χ1n) is 12.2. The molecule has 1 spiro atoms. The van der Waals surface area contributed by atoms with Gasteiger partial charge in [0.1, 0.15) is 12.1 Å². The zero-order valence-electron chi connectivity index (χ0n) is 20.1. The Morgan fingerprint density at radius 2 is 1.71 bits per heavy atom. The Morgan fingerprint density at radius 1 is 1.06 bits per heavy atom. The number of carbonyl (C=O) groups excluding carboxylic acids is 4. The summed E-state index contributed by atoms with van der Waals surface area (Å²) in [6.45, 7) is 3.66. The van der Waals surface area contributed by atoms with Gasteiger partial charge in [-0.2, -0.15) is 0 Å². The van der Waals surface area contributed by atoms with Crippen molar-refractivity contribution in [1.29, 1.82) is 0 Å². The topological polar surface area (TPSA) is 90.0 Å². The van der Waals surface area contributed by atoms with Crippen LogP contribution in [0.25, 0.3) is 0 Å². The maximum atomic E-state index is 13.5. The highest BCUT2D eigenvalue weighted by Crippen LogP contribution is 2.39. The summed E-state index contributed by atoms with van der Waals surface area (Å²) in [4.78, 5) is 56.9. The average molecular weight is 489 g/mol. The fourth-order valence-electron chi connectivity index (χ4n) is 5.77. The maximum absolute atomic E-state index is 13.5. The lowest BCUT2D eigenvalue weighted by atomic mass is 9.81. The summed E-state index contributed by atoms with van der Waals surface area (Å²) in [5.41, 5.74) is -0.206. The summed E-state index contributed by atoms with van der Waals surface area (Å²) in [5, 5.41) is 3.14. The average Bonchev–Trinajstić information content (AvgIpc) is 2.97. The first-order chi connectivity index (χ1) is 16.2. The molecule has 0 bridgehead atoms. The van der Waals surface area contributed by atoms with E-state index in [-0.39, 0.29) is 23.9 Å². The van der Waals surface area contributed by atoms with Crippen LogP contribution in [0.4, 0.5) is 10.5 Å². The third-order valence-electron chi connectivity index (χ3n) is 7.70. The number of nitrogens with zero attached hydrogens (tertiary/aromatic N) is 3. The van der Waals surface area contributed by atoms with Crippen LogP contribution in [0.2, 0.25) is 5.02 Å². The predicted octanol–water partition coefficient (Wildman–Crippen LogP) is 4.28. The summed E-state index contributed by atoms with van der Waals surface area (Å²) < 4.78 is 0. The molecule has 4 rings (SSSR count). The zero-order valence-corrected chi connectivity index (χ0v) is 20.9. The van der Waals surface area contributed by atoms with Crippen molar-refractivity contribution in [1.82, 2.24) is 14.7 Å². The number of hydrogen-bond donors (Lipinski definition) is 1. The number of anilines is 1. The van der Waals surface area contributed by atoms with Crippen LogP contribution in [-0.4, -0.2) is 69.7 Å². The Morgan fingerprint density at radius 3 is 2.35 bits per heavy atom. The van der Waals surface area contributed by atoms with Gasteiger partial charge < -0.3 is 15.1 Å². The van der Waals surface area contributed by atoms with Gasteiger partial charge >= 0.3 is 6.03 Å². The standard InChI is InChI=1S/C25H33ClN4O4/c1-16-8-7-9-17(2)30(16)22(32)19-14-18(26)10-11-20(19)27-21(31)15-29-23(33)25(28(3)24(29)34)12-5-4-6-13-25/h10-11,14,16-17H,4-9,12-13,15H2,1-3H3,(H,27,31). The maximum Gasteiger partial charge on any atom is 0.327 e. The highest BCUT2D eigenvalue weighted by Gasteiger charge is 2.55. The number of carbonyl (C=O) groups is 4. The number of likely N-dealkylation sites (tertiary alicyclic amines) is 1. The van der Waals surface area contributed by atoms with Crippen LogP contribution in [-0.2, 0) is 9.59 Å². The van der Waals surface area contributed by atoms with E-state index in [1.165, 1.54) is 4.90 Å². The summed E-state index contributed by atoms with van der Waals surface area (Å²) in [5.74, 6) is -1.02. The molecule has 5 amide bonds. The van der Waals surface area contributed by atoms with E-state index in [4.69, 9.17) is 11.6 Å². The lowest BCUT2D eigenvalue weighted by molar-refractivity contribution is -0.136. The number of benzene rings is 1. The summed E-state index contributed by atoms with van der Waals surface area (Å²) in [6.07, 6.45) is 6.96. The van der Waals surface area contributed by atoms with Gasteiger partial charge in [0.2, 0.25) is 5.91 Å². The van der Waals surface area contributed by atoms with Crippen molar-refractivity contribution >= 4 is 41.0 Å². The van der Waals surface area contributed by atoms with Crippen LogP contribution in [0, 0.1) is 0 Å². The van der Waals surface area contributed by atoms with Gasteiger partial charge in [-0.05, 0) is 64.2 Å². The molecule has 3 fully saturated rings. The number of piperidine rings is 1. The van der Waals surface area contributed by atoms with E-state index in [9.17, 15) is 19.2 Å². The van der Waals surface area contributed by atoms with Gasteiger partial charge in [-0.3, -0.25) is 19.3 Å². The SMILES string of the molecule is CC1CCCC(C)N1C(=O)c1cc(Cl)ccc1NC(=O)CN1C(=O)N(C)C2(CCCCC2)C1=O. The molecule has 3 aliphatic rings. The van der Waals surface area contributed by atoms with Crippen LogP contribution < -0.4 is 5.32 Å². The van der Waals surface area contributed by atoms with E-state index in [2.05, 4.69) is 5.32 Å². The molecule has 1 saturated carbocycles. The summed E-state index contributed by atoms with van der Waals surface area (Å²) in [6, 6.07) is 4.47. The Balaban J connectivity index is 1.52. The Labute approximate surface area is 205 Å². The molecule has 1 aromatic carbocycles. The lowest BCUT2D eigenvalue weighted by Crippen LogP contribution is -2.49. The van der Waals surface area contributed by atoms with Gasteiger partial charge in [0.05, 0.1) is 11.3 Å². The van der Waals surface area contributed by atoms with Crippen molar-refractivity contribution in [3.63, 3.8) is 0 Å². The molecule has 2 heterocycles. The number of amides is 5. The van der Waals surface area contributed by atoms with Gasteiger partial charge in [-0.15, -0.1) is 0 Å². The minimum Gasteiger partial charge on any atom is -0.333 e. The molecule has 1 aliphatic carbocycles. The number of hydrogen-bond acceptors (Lipinski definition) is 4. The smallest absolute Gasteiger partial charge is 0.327 e. The summed E-state index contributed by atoms with van der Waals surface area (Å²) in [7, 11) is 1.64. The predicted molar refractivity (Wildman–Crippen MR) is 130 cm³/mol. The number of nitrogens with one attached hydrogen (secondary N) is 1. The van der Waals surface area contributed by atoms with Gasteiger partial charge in [0.15, 0.2) is 0 Å². The van der Waals surface area contributed by atoms with E-state index in [0.717, 1.165) is 43.4 Å². The van der Waals surface area contributed by atoms with E-state index in [1.54, 1.807) is 25.2 Å². The first kappa shape index (κ1) is 24.5. The highest BCUT2D eigenvalue weighted by molar-refractivity contribution is 6.31. The van der Waals surface area contributed by atoms with E-state index in [1.807, 2.05) is 18.7 Å². The lowest BCUT2D eigenvalue weighted by Gasteiger charge is -2.39. The molecular weight excluding hydrogens is 456 g/mol. The molecule has 8 nitrogen and oxygen atoms in total. The van der Waals surface area contributed by atoms with Crippen molar-refractivity contribution in [3.8, 4) is 0 Å². The third kappa shape index (κ3) is 4.28. The minimum absolute atomic E-state index is 0.0841. The molecule has 2 aliphatic heterocycles. The number of likely N-dealkylation sites (N-methyl/N-ethyl adjacent to an activating group) is 1. The van der Waals surface area contributed by atoms with Crippen LogP contribution in [0.5, 0.6) is 0 Å². The van der Waals surface area contributed by atoms with Gasteiger partial charge in [-0.1, -0.05) is 30.9 Å². The molecule has 184 valence electrons. The second kappa shape index (κ2) is 9.56. The molecule has 0 radical (unpaired) electrons. The monoisotopic (exact) mass is 488 g/mol. The molecule has 2 saturated heterocycles. The van der Waals surface area contributed by atoms with Crippen molar-refractivity contribution in [2.24, 2.45) is 0 Å². The Hall–Kier alpha value is -2.61. The molecule has 1 aromatic rings. The molecule has 34 heavy (non-hydrogen) atoms. The van der Waals surface area contributed by atoms with Gasteiger partial charge in [0.25, 0.3) is 11.8 Å². The second-order valence-electron chi connectivity index (χ2n) is 9.90. The quantitative estimate of drug-likeness (QED) is 0.640. The largest absolute Gasteiger partial charge is 0.333 e. The highest BCUT2D eigenvalue weighted by atomic mass is 35.5. The zero-order chi connectivity index (χ0) is 24.6. The number of rotatable bonds is 4. The molecular formula is C25H33ClN4O4. The minimum atomic E-state index is -0.836. The van der Waals surface area contributed by atoms with Crippen LogP contribution in [0.1, 0.15) is 75.6 Å². The fourth-order valence-corrected chi connectivity index (χ4v) is 5.94. The van der Waals surface area contributed by atoms with E-state index in [0.29, 0.717) is 29.1 Å². The second-order valence-corrected chi connectivity index (χ2v) is 10.3. The van der Waals surface area contributed by atoms with E-state index >= 15 is 0 Å². The fraction of sp³-hybridized carbons (Fsp3) is 0.600. The summed E-state index contributed by atoms with van der Waals surface area (Å²) >= 11 is 6.20. The number of imide groups is 1. The molecule has 9 heteroatoms. The molecule has 1 N–H and O–H groups in total.